The fourth-order valence-corrected chi connectivity index (χ4v) is 7.58. The molecule has 0 spiro atoms. The van der Waals surface area contributed by atoms with Gasteiger partial charge in [-0.1, -0.05) is 136 Å². The molecule has 0 aromatic heterocycles. The van der Waals surface area contributed by atoms with Gasteiger partial charge in [0.1, 0.15) is 0 Å². The van der Waals surface area contributed by atoms with E-state index in [1.54, 1.807) is 0 Å². The predicted molar refractivity (Wildman–Crippen MR) is 200 cm³/mol. The monoisotopic (exact) mass is 747 g/mol. The number of carbonyl (C=O) groups excluding carboxylic acids is 2. The number of hydrogen-bond acceptors (Lipinski definition) is 5. The van der Waals surface area contributed by atoms with Gasteiger partial charge < -0.3 is 0 Å². The molecule has 0 unspecified atom stereocenters. The van der Waals surface area contributed by atoms with Crippen LogP contribution < -0.4 is 0 Å². The molecule has 0 aromatic carbocycles. The average Bonchev–Trinajstić information content (AvgIpc) is 3.05. The summed E-state index contributed by atoms with van der Waals surface area (Å²) in [5.74, 6) is -0.721. The smallest absolute Gasteiger partial charge is 0.0654 e. The van der Waals surface area contributed by atoms with Crippen LogP contribution in [-0.2, 0) is 22.8 Å². The summed E-state index contributed by atoms with van der Waals surface area (Å²) in [7, 11) is 0. The topological polar surface area (TPSA) is 110 Å². The summed E-state index contributed by atoms with van der Waals surface area (Å²) in [5, 5.41) is -0.342. The first-order valence-corrected chi connectivity index (χ1v) is 24.4. The molecule has 0 aliphatic rings. The van der Waals surface area contributed by atoms with Crippen molar-refractivity contribution in [2.24, 2.45) is 0 Å². The summed E-state index contributed by atoms with van der Waals surface area (Å²) in [4.78, 5) is 24.7. The Balaban J connectivity index is 3.88. The fourth-order valence-electron chi connectivity index (χ4n) is 6.27. The summed E-state index contributed by atoms with van der Waals surface area (Å²) in [6, 6.07) is 0. The molecule has 0 heterocycles. The second kappa shape index (κ2) is 36.0. The number of carbonyl (C=O) groups is 2. The first kappa shape index (κ1) is 47.2. The van der Waals surface area contributed by atoms with Crippen molar-refractivity contribution in [3.63, 3.8) is 0 Å². The van der Waals surface area contributed by atoms with Gasteiger partial charge in [0.05, 0.1) is 0 Å². The van der Waals surface area contributed by atoms with Gasteiger partial charge in [-0.15, -0.1) is 0 Å². The van der Waals surface area contributed by atoms with Gasteiger partial charge in [-0.2, -0.15) is 0 Å². The minimum absolute atomic E-state index is 0.000333. The summed E-state index contributed by atoms with van der Waals surface area (Å²) >= 11 is -4.87. The van der Waals surface area contributed by atoms with Crippen LogP contribution in [0.3, 0.4) is 0 Å². The predicted octanol–water partition coefficient (Wildman–Crippen LogP) is 11.7. The van der Waals surface area contributed by atoms with Crippen LogP contribution in [0.15, 0.2) is 0 Å². The summed E-state index contributed by atoms with van der Waals surface area (Å²) in [5.41, 5.74) is 0. The zero-order valence-electron chi connectivity index (χ0n) is 31.7. The Morgan fingerprint density at radius 2 is 0.771 bits per heavy atom. The van der Waals surface area contributed by atoms with Crippen LogP contribution >= 0.6 is 0 Å². The third kappa shape index (κ3) is 38.0. The van der Waals surface area contributed by atoms with E-state index in [9.17, 15) is 21.5 Å². The Morgan fingerprint density at radius 3 is 1.08 bits per heavy atom. The number of ether oxygens (including phenoxy) is 2. The normalized spacial score (nSPS) is 12.3. The molecule has 0 saturated carbocycles. The van der Waals surface area contributed by atoms with Gasteiger partial charge in [-0.3, -0.25) is 0 Å². The van der Waals surface area contributed by atoms with Crippen LogP contribution in [0.5, 0.6) is 0 Å². The molecule has 0 fully saturated rings. The van der Waals surface area contributed by atoms with Crippen molar-refractivity contribution in [3.05, 3.63) is 0 Å². The molecular weight excluding hydrogens is 667 g/mol. The summed E-state index contributed by atoms with van der Waals surface area (Å²) < 4.78 is 41.0. The van der Waals surface area contributed by atoms with Crippen LogP contribution in [-0.4, -0.2) is 47.0 Å². The number of unbranched alkanes of at least 4 members (excludes halogenated alkanes) is 28. The SMILES string of the molecule is CCCCCCCCCCCCCCCCCC(=O)OC[C@H](CC[As](=O)(O)O)OC(=O)CCCCCCCCCCCCCCCCC. The Labute approximate surface area is 299 Å². The molecule has 0 amide bonds. The van der Waals surface area contributed by atoms with Crippen LogP contribution in [0.25, 0.3) is 0 Å². The molecule has 0 radical (unpaired) electrons. The van der Waals surface area contributed by atoms with E-state index in [0.717, 1.165) is 38.5 Å². The Morgan fingerprint density at radius 1 is 0.479 bits per heavy atom. The second-order valence-electron chi connectivity index (χ2n) is 14.4. The van der Waals surface area contributed by atoms with Crippen LogP contribution in [0.4, 0.5) is 0 Å². The van der Waals surface area contributed by atoms with E-state index >= 15 is 0 Å². The molecule has 0 aliphatic carbocycles. The molecule has 0 aliphatic heterocycles. The van der Waals surface area contributed by atoms with E-state index in [-0.39, 0.29) is 36.6 Å². The maximum atomic E-state index is 12.4. The van der Waals surface area contributed by atoms with Crippen molar-refractivity contribution in [2.75, 3.05) is 6.61 Å². The molecule has 8 heteroatoms. The molecule has 286 valence electrons. The molecule has 0 aromatic rings. The molecular formula is C40H79AsO7. The van der Waals surface area contributed by atoms with E-state index in [4.69, 9.17) is 9.47 Å². The fraction of sp³-hybridized carbons (Fsp3) is 0.950. The van der Waals surface area contributed by atoms with E-state index in [1.165, 1.54) is 154 Å². The Bertz CT molecular complexity index is 754. The van der Waals surface area contributed by atoms with Crippen molar-refractivity contribution in [1.82, 2.24) is 0 Å². The minimum atomic E-state index is -4.87. The minimum Gasteiger partial charge on any atom is -0.0654 e. The number of rotatable bonds is 38. The van der Waals surface area contributed by atoms with Crippen molar-refractivity contribution < 1.29 is 31.0 Å². The molecule has 1 atom stereocenters. The zero-order chi connectivity index (χ0) is 35.4. The van der Waals surface area contributed by atoms with Crippen LogP contribution in [0.1, 0.15) is 226 Å². The Hall–Kier alpha value is -0.782. The van der Waals surface area contributed by atoms with E-state index in [2.05, 4.69) is 13.8 Å². The van der Waals surface area contributed by atoms with Crippen molar-refractivity contribution in [1.29, 1.82) is 0 Å². The second-order valence-corrected chi connectivity index (χ2v) is 18.1. The van der Waals surface area contributed by atoms with E-state index in [0.29, 0.717) is 6.42 Å². The van der Waals surface area contributed by atoms with Gasteiger partial charge in [0.25, 0.3) is 0 Å². The van der Waals surface area contributed by atoms with Crippen molar-refractivity contribution >= 4 is 26.1 Å². The standard InChI is InChI=1S/C40H79AsO7/c1-3-5-7-9-11-13-15-17-19-21-23-25-27-29-31-33-39(42)47-37-38(35-36-41(44,45)46)48-40(43)34-32-30-28-26-24-22-20-18-16-14-12-10-8-6-4-2/h38H,3-37H2,1-2H3,(H2,44,45,46)/t38-/m0/s1. The van der Waals surface area contributed by atoms with Gasteiger partial charge in [0.15, 0.2) is 0 Å². The summed E-state index contributed by atoms with van der Waals surface area (Å²) in [6.07, 6.45) is 37.5. The average molecular weight is 747 g/mol. The van der Waals surface area contributed by atoms with Gasteiger partial charge in [-0.05, 0) is 0 Å². The third-order valence-corrected chi connectivity index (χ3v) is 11.2. The first-order chi connectivity index (χ1) is 23.3. The third-order valence-electron chi connectivity index (χ3n) is 9.44. The number of esters is 2. The molecule has 48 heavy (non-hydrogen) atoms. The van der Waals surface area contributed by atoms with Crippen molar-refractivity contribution in [3.8, 4) is 0 Å². The summed E-state index contributed by atoms with van der Waals surface area (Å²) in [6.45, 7) is 4.38. The van der Waals surface area contributed by atoms with Crippen LogP contribution in [0.2, 0.25) is 5.21 Å². The van der Waals surface area contributed by atoms with E-state index in [1.807, 2.05) is 0 Å². The molecule has 7 nitrogen and oxygen atoms in total. The van der Waals surface area contributed by atoms with Crippen LogP contribution in [0, 0.1) is 0 Å². The first-order valence-electron chi connectivity index (χ1n) is 20.7. The maximum absolute atomic E-state index is 12.4. The molecule has 0 bridgehead atoms. The molecule has 2 N–H and O–H groups in total. The van der Waals surface area contributed by atoms with Gasteiger partial charge in [0, 0.05) is 0 Å². The van der Waals surface area contributed by atoms with E-state index < -0.39 is 20.3 Å². The van der Waals surface area contributed by atoms with Gasteiger partial charge in [0.2, 0.25) is 0 Å². The Kier molecular flexibility index (Phi) is 35.4. The molecule has 0 rings (SSSR count). The van der Waals surface area contributed by atoms with Gasteiger partial charge >= 0.3 is 165 Å². The quantitative estimate of drug-likeness (QED) is 0.0368. The number of hydrogen-bond donors (Lipinski definition) is 2. The zero-order valence-corrected chi connectivity index (χ0v) is 33.6. The molecule has 0 saturated heterocycles. The van der Waals surface area contributed by atoms with Crippen molar-refractivity contribution in [2.45, 2.75) is 237 Å². The van der Waals surface area contributed by atoms with Gasteiger partial charge in [-0.25, -0.2) is 0 Å².